The summed E-state index contributed by atoms with van der Waals surface area (Å²) in [4.78, 5) is 29.8. The molecule has 2 aliphatic heterocycles. The van der Waals surface area contributed by atoms with Gasteiger partial charge < -0.3 is 14.5 Å². The summed E-state index contributed by atoms with van der Waals surface area (Å²) < 4.78 is 6.23. The fourth-order valence-electron chi connectivity index (χ4n) is 5.25. The highest BCUT2D eigenvalue weighted by Gasteiger charge is 2.44. The van der Waals surface area contributed by atoms with E-state index in [1.54, 1.807) is 0 Å². The van der Waals surface area contributed by atoms with Crippen LogP contribution < -0.4 is 0 Å². The Balaban J connectivity index is 1.30. The summed E-state index contributed by atoms with van der Waals surface area (Å²) in [7, 11) is 0. The van der Waals surface area contributed by atoms with Crippen LogP contribution in [0.1, 0.15) is 58.4 Å². The molecule has 0 bridgehead atoms. The molecular formula is C22H28N2O3. The third-order valence-corrected chi connectivity index (χ3v) is 6.98. The van der Waals surface area contributed by atoms with Gasteiger partial charge in [0.05, 0.1) is 18.8 Å². The summed E-state index contributed by atoms with van der Waals surface area (Å²) in [5.74, 6) is 1.10. The van der Waals surface area contributed by atoms with E-state index in [9.17, 15) is 9.59 Å². The van der Waals surface area contributed by atoms with Crippen molar-refractivity contribution in [2.75, 3.05) is 39.3 Å². The van der Waals surface area contributed by atoms with Crippen molar-refractivity contribution >= 4 is 11.7 Å². The van der Waals surface area contributed by atoms with E-state index in [4.69, 9.17) is 4.74 Å². The van der Waals surface area contributed by atoms with Crippen LogP contribution in [0.3, 0.4) is 0 Å². The van der Waals surface area contributed by atoms with Gasteiger partial charge in [-0.15, -0.1) is 0 Å². The maximum atomic E-state index is 13.3. The zero-order valence-electron chi connectivity index (χ0n) is 15.9. The van der Waals surface area contributed by atoms with Crippen LogP contribution in [0.2, 0.25) is 0 Å². The minimum atomic E-state index is -0.203. The highest BCUT2D eigenvalue weighted by molar-refractivity contribution is 6.05. The van der Waals surface area contributed by atoms with Gasteiger partial charge in [-0.2, -0.15) is 0 Å². The first-order chi connectivity index (χ1) is 13.1. The van der Waals surface area contributed by atoms with Gasteiger partial charge in [-0.05, 0) is 43.2 Å². The summed E-state index contributed by atoms with van der Waals surface area (Å²) >= 11 is 0. The van der Waals surface area contributed by atoms with E-state index in [0.717, 1.165) is 42.1 Å². The molecular weight excluding hydrogens is 340 g/mol. The Hall–Kier alpha value is -1.72. The van der Waals surface area contributed by atoms with Crippen LogP contribution in [0.15, 0.2) is 18.2 Å². The summed E-state index contributed by atoms with van der Waals surface area (Å²) in [5.41, 5.74) is 2.22. The number of Topliss-reactive ketones (excluding diaryl/α,β-unsaturated/α-hetero) is 1. The molecule has 0 N–H and O–H groups in total. The Kier molecular flexibility index (Phi) is 4.32. The number of benzene rings is 1. The monoisotopic (exact) mass is 368 g/mol. The van der Waals surface area contributed by atoms with Crippen molar-refractivity contribution in [3.63, 3.8) is 0 Å². The van der Waals surface area contributed by atoms with E-state index in [1.807, 2.05) is 23.1 Å². The first-order valence-corrected chi connectivity index (χ1v) is 10.4. The number of amides is 1. The molecule has 2 saturated heterocycles. The standard InChI is InChI=1S/C22H28N2O3/c25-20-8-7-17-18(20)5-2-6-19(17)21(26)24-11-12-27-22(15-24)9-10-23(14-22)13-16-3-1-4-16/h2,5-6,16H,1,3-4,7-15H2. The lowest BCUT2D eigenvalue weighted by Gasteiger charge is -2.41. The highest BCUT2D eigenvalue weighted by Crippen LogP contribution is 2.34. The van der Waals surface area contributed by atoms with E-state index >= 15 is 0 Å². The molecule has 2 heterocycles. The van der Waals surface area contributed by atoms with Crippen molar-refractivity contribution in [2.24, 2.45) is 5.92 Å². The molecule has 2 aliphatic carbocycles. The number of fused-ring (bicyclic) bond motifs is 1. The Morgan fingerprint density at radius 3 is 2.89 bits per heavy atom. The predicted octanol–water partition coefficient (Wildman–Crippen LogP) is 2.53. The van der Waals surface area contributed by atoms with Crippen molar-refractivity contribution in [1.82, 2.24) is 9.80 Å². The van der Waals surface area contributed by atoms with Crippen LogP contribution in [-0.2, 0) is 11.2 Å². The van der Waals surface area contributed by atoms with Crippen LogP contribution in [0.25, 0.3) is 0 Å². The highest BCUT2D eigenvalue weighted by atomic mass is 16.5. The number of carbonyl (C=O) groups is 2. The number of carbonyl (C=O) groups excluding carboxylic acids is 2. The summed E-state index contributed by atoms with van der Waals surface area (Å²) in [6.45, 7) is 5.13. The van der Waals surface area contributed by atoms with E-state index in [-0.39, 0.29) is 17.3 Å². The van der Waals surface area contributed by atoms with Gasteiger partial charge in [0.1, 0.15) is 0 Å². The zero-order chi connectivity index (χ0) is 18.4. The second-order valence-corrected chi connectivity index (χ2v) is 8.80. The number of hydrogen-bond acceptors (Lipinski definition) is 4. The third kappa shape index (κ3) is 3.11. The van der Waals surface area contributed by atoms with Crippen molar-refractivity contribution in [2.45, 2.75) is 44.1 Å². The van der Waals surface area contributed by atoms with Crippen molar-refractivity contribution in [3.8, 4) is 0 Å². The third-order valence-electron chi connectivity index (χ3n) is 6.98. The molecule has 1 amide bonds. The Morgan fingerprint density at radius 1 is 1.19 bits per heavy atom. The topological polar surface area (TPSA) is 49.9 Å². The predicted molar refractivity (Wildman–Crippen MR) is 102 cm³/mol. The van der Waals surface area contributed by atoms with Gasteiger partial charge in [-0.1, -0.05) is 18.6 Å². The van der Waals surface area contributed by atoms with Crippen LogP contribution in [0.5, 0.6) is 0 Å². The maximum Gasteiger partial charge on any atom is 0.254 e. The molecule has 1 aromatic rings. The number of nitrogens with zero attached hydrogens (tertiary/aromatic N) is 2. The van der Waals surface area contributed by atoms with E-state index < -0.39 is 0 Å². The fourth-order valence-corrected chi connectivity index (χ4v) is 5.25. The van der Waals surface area contributed by atoms with E-state index in [0.29, 0.717) is 32.5 Å². The lowest BCUT2D eigenvalue weighted by Crippen LogP contribution is -2.55. The lowest BCUT2D eigenvalue weighted by molar-refractivity contribution is -0.0923. The molecule has 5 nitrogen and oxygen atoms in total. The molecule has 5 heteroatoms. The van der Waals surface area contributed by atoms with Crippen molar-refractivity contribution < 1.29 is 14.3 Å². The molecule has 1 unspecified atom stereocenters. The largest absolute Gasteiger partial charge is 0.370 e. The Morgan fingerprint density at radius 2 is 2.07 bits per heavy atom. The van der Waals surface area contributed by atoms with Crippen LogP contribution in [0.4, 0.5) is 0 Å². The first-order valence-electron chi connectivity index (χ1n) is 10.4. The second kappa shape index (κ2) is 6.71. The molecule has 1 atom stereocenters. The van der Waals surface area contributed by atoms with E-state index in [2.05, 4.69) is 4.90 Å². The van der Waals surface area contributed by atoms with Crippen LogP contribution in [-0.4, -0.2) is 66.4 Å². The maximum absolute atomic E-state index is 13.3. The fraction of sp³-hybridized carbons (Fsp3) is 0.636. The quantitative estimate of drug-likeness (QED) is 0.823. The molecule has 0 radical (unpaired) electrons. The lowest BCUT2D eigenvalue weighted by atomic mass is 9.85. The molecule has 1 spiro atoms. The molecule has 1 saturated carbocycles. The average Bonchev–Trinajstić information content (AvgIpc) is 3.22. The minimum Gasteiger partial charge on any atom is -0.370 e. The molecule has 4 aliphatic rings. The minimum absolute atomic E-state index is 0.0710. The normalized spacial score (nSPS) is 28.6. The first kappa shape index (κ1) is 17.4. The molecule has 144 valence electrons. The summed E-state index contributed by atoms with van der Waals surface area (Å²) in [5, 5.41) is 0. The summed E-state index contributed by atoms with van der Waals surface area (Å²) in [6.07, 6.45) is 6.35. The van der Waals surface area contributed by atoms with Gasteiger partial charge >= 0.3 is 0 Å². The summed E-state index contributed by atoms with van der Waals surface area (Å²) in [6, 6.07) is 5.60. The number of morpholine rings is 1. The SMILES string of the molecule is O=C1CCc2c1cccc2C(=O)N1CCOC2(CCN(CC3CCC3)C2)C1. The molecule has 0 aromatic heterocycles. The zero-order valence-corrected chi connectivity index (χ0v) is 15.9. The Bertz CT molecular complexity index is 773. The van der Waals surface area contributed by atoms with Crippen LogP contribution in [0, 0.1) is 5.92 Å². The van der Waals surface area contributed by atoms with Gasteiger partial charge in [-0.25, -0.2) is 0 Å². The second-order valence-electron chi connectivity index (χ2n) is 8.80. The van der Waals surface area contributed by atoms with Gasteiger partial charge in [0.2, 0.25) is 0 Å². The van der Waals surface area contributed by atoms with Crippen molar-refractivity contribution in [1.29, 1.82) is 0 Å². The molecule has 27 heavy (non-hydrogen) atoms. The average molecular weight is 368 g/mol. The number of ketones is 1. The number of rotatable bonds is 3. The van der Waals surface area contributed by atoms with E-state index in [1.165, 1.54) is 25.8 Å². The van der Waals surface area contributed by atoms with Gasteiger partial charge in [-0.3, -0.25) is 9.59 Å². The molecule has 1 aromatic carbocycles. The number of ether oxygens (including phenoxy) is 1. The van der Waals surface area contributed by atoms with Gasteiger partial charge in [0.25, 0.3) is 5.91 Å². The number of likely N-dealkylation sites (tertiary alicyclic amines) is 1. The molecule has 3 fully saturated rings. The molecule has 5 rings (SSSR count). The van der Waals surface area contributed by atoms with Gasteiger partial charge in [0.15, 0.2) is 5.78 Å². The Labute approximate surface area is 160 Å². The number of hydrogen-bond donors (Lipinski definition) is 0. The van der Waals surface area contributed by atoms with Crippen molar-refractivity contribution in [3.05, 3.63) is 34.9 Å². The smallest absolute Gasteiger partial charge is 0.254 e. The van der Waals surface area contributed by atoms with Crippen LogP contribution >= 0.6 is 0 Å². The van der Waals surface area contributed by atoms with Gasteiger partial charge in [0, 0.05) is 43.7 Å².